The topological polar surface area (TPSA) is 46.1 Å². The second-order valence-corrected chi connectivity index (χ2v) is 10.5. The highest BCUT2D eigenvalue weighted by atomic mass is 32.2. The molecule has 2 heterocycles. The Hall–Kier alpha value is -1.92. The van der Waals surface area contributed by atoms with Gasteiger partial charge < -0.3 is 4.90 Å². The third-order valence-electron chi connectivity index (χ3n) is 6.06. The van der Waals surface area contributed by atoms with E-state index in [4.69, 9.17) is 9.97 Å². The molecule has 1 aromatic carbocycles. The van der Waals surface area contributed by atoms with Crippen LogP contribution in [0, 0.1) is 0 Å². The Labute approximate surface area is 199 Å². The first kappa shape index (κ1) is 23.2. The minimum Gasteiger partial charge on any atom is -0.342 e. The van der Waals surface area contributed by atoms with E-state index in [9.17, 15) is 4.79 Å². The van der Waals surface area contributed by atoms with Crippen molar-refractivity contribution in [2.75, 3.05) is 18.8 Å². The SMILES string of the molecule is CCCCN(CCCC)C(=O)CSc1nc(-c2ccccc2)nc2sc3c(c12)CCCC3. The van der Waals surface area contributed by atoms with Crippen molar-refractivity contribution in [3.8, 4) is 11.4 Å². The Bertz CT molecular complexity index is 1040. The lowest BCUT2D eigenvalue weighted by Gasteiger charge is -2.22. The highest BCUT2D eigenvalue weighted by Crippen LogP contribution is 2.40. The smallest absolute Gasteiger partial charge is 0.232 e. The Morgan fingerprint density at radius 3 is 2.47 bits per heavy atom. The largest absolute Gasteiger partial charge is 0.342 e. The van der Waals surface area contributed by atoms with Crippen LogP contribution in [-0.2, 0) is 17.6 Å². The van der Waals surface area contributed by atoms with Gasteiger partial charge in [-0.05, 0) is 44.1 Å². The highest BCUT2D eigenvalue weighted by Gasteiger charge is 2.23. The predicted molar refractivity (Wildman–Crippen MR) is 137 cm³/mol. The van der Waals surface area contributed by atoms with Gasteiger partial charge in [0.05, 0.1) is 5.75 Å². The van der Waals surface area contributed by atoms with E-state index in [2.05, 4.69) is 30.9 Å². The zero-order chi connectivity index (χ0) is 22.3. The molecule has 0 unspecified atom stereocenters. The summed E-state index contributed by atoms with van der Waals surface area (Å²) in [4.78, 5) is 27.7. The van der Waals surface area contributed by atoms with Gasteiger partial charge >= 0.3 is 0 Å². The first-order chi connectivity index (χ1) is 15.7. The normalized spacial score (nSPS) is 13.3. The number of carbonyl (C=O) groups excluding carboxylic acids is 1. The number of hydrogen-bond acceptors (Lipinski definition) is 5. The molecule has 0 aliphatic heterocycles. The molecule has 0 saturated carbocycles. The molecule has 1 amide bonds. The van der Waals surface area contributed by atoms with Crippen LogP contribution in [0.2, 0.25) is 0 Å². The molecule has 0 N–H and O–H groups in total. The number of rotatable bonds is 10. The molecular weight excluding hydrogens is 434 g/mol. The van der Waals surface area contributed by atoms with Crippen molar-refractivity contribution < 1.29 is 4.79 Å². The third-order valence-corrected chi connectivity index (χ3v) is 8.21. The van der Waals surface area contributed by atoms with E-state index in [0.717, 1.165) is 72.9 Å². The number of amides is 1. The van der Waals surface area contributed by atoms with E-state index in [-0.39, 0.29) is 5.91 Å². The number of aryl methyl sites for hydroxylation is 2. The van der Waals surface area contributed by atoms with Gasteiger partial charge in [0.25, 0.3) is 0 Å². The van der Waals surface area contributed by atoms with Crippen LogP contribution >= 0.6 is 23.1 Å². The monoisotopic (exact) mass is 467 g/mol. The number of aromatic nitrogens is 2. The Morgan fingerprint density at radius 2 is 1.75 bits per heavy atom. The van der Waals surface area contributed by atoms with Crippen LogP contribution in [0.3, 0.4) is 0 Å². The lowest BCUT2D eigenvalue weighted by molar-refractivity contribution is -0.128. The molecule has 0 fully saturated rings. The molecule has 1 aliphatic rings. The number of unbranched alkanes of at least 4 members (excludes halogenated alkanes) is 2. The molecule has 4 nitrogen and oxygen atoms in total. The first-order valence-corrected chi connectivity index (χ1v) is 13.8. The summed E-state index contributed by atoms with van der Waals surface area (Å²) in [6.45, 7) is 6.08. The molecular formula is C26H33N3OS2. The van der Waals surface area contributed by atoms with Crippen LogP contribution in [0.5, 0.6) is 0 Å². The van der Waals surface area contributed by atoms with Gasteiger partial charge in [0.1, 0.15) is 9.86 Å². The molecule has 0 spiro atoms. The Balaban J connectivity index is 1.64. The maximum Gasteiger partial charge on any atom is 0.232 e. The lowest BCUT2D eigenvalue weighted by atomic mass is 9.97. The van der Waals surface area contributed by atoms with Gasteiger partial charge in [-0.1, -0.05) is 68.8 Å². The van der Waals surface area contributed by atoms with Crippen LogP contribution in [0.15, 0.2) is 35.4 Å². The van der Waals surface area contributed by atoms with Crippen molar-refractivity contribution in [1.82, 2.24) is 14.9 Å². The van der Waals surface area contributed by atoms with Crippen LogP contribution in [0.25, 0.3) is 21.6 Å². The quantitative estimate of drug-likeness (QED) is 0.244. The molecule has 32 heavy (non-hydrogen) atoms. The minimum absolute atomic E-state index is 0.231. The summed E-state index contributed by atoms with van der Waals surface area (Å²) >= 11 is 3.43. The molecule has 0 saturated heterocycles. The van der Waals surface area contributed by atoms with E-state index in [1.165, 1.54) is 28.7 Å². The fourth-order valence-electron chi connectivity index (χ4n) is 4.23. The summed E-state index contributed by atoms with van der Waals surface area (Å²) in [5, 5.41) is 2.18. The van der Waals surface area contributed by atoms with Gasteiger partial charge in [0, 0.05) is 28.9 Å². The molecule has 170 valence electrons. The zero-order valence-electron chi connectivity index (χ0n) is 19.2. The van der Waals surface area contributed by atoms with E-state index < -0.39 is 0 Å². The molecule has 1 aliphatic carbocycles. The summed E-state index contributed by atoms with van der Waals surface area (Å²) in [7, 11) is 0. The van der Waals surface area contributed by atoms with Crippen molar-refractivity contribution in [2.24, 2.45) is 0 Å². The van der Waals surface area contributed by atoms with Gasteiger partial charge in [0.2, 0.25) is 5.91 Å². The molecule has 2 aromatic heterocycles. The summed E-state index contributed by atoms with van der Waals surface area (Å²) in [6, 6.07) is 10.2. The molecule has 4 rings (SSSR count). The van der Waals surface area contributed by atoms with Gasteiger partial charge in [0.15, 0.2) is 5.82 Å². The van der Waals surface area contributed by atoms with Crippen molar-refractivity contribution in [2.45, 2.75) is 70.2 Å². The number of thiophene rings is 1. The fraction of sp³-hybridized carbons (Fsp3) is 0.500. The molecule has 0 atom stereocenters. The zero-order valence-corrected chi connectivity index (χ0v) is 20.9. The average molecular weight is 468 g/mol. The third kappa shape index (κ3) is 5.34. The molecule has 3 aromatic rings. The van der Waals surface area contributed by atoms with Gasteiger partial charge in [-0.2, -0.15) is 0 Å². The van der Waals surface area contributed by atoms with Crippen LogP contribution in [-0.4, -0.2) is 39.6 Å². The average Bonchev–Trinajstić information content (AvgIpc) is 3.21. The number of carbonyl (C=O) groups is 1. The standard InChI is InChI=1S/C26H33N3OS2/c1-3-5-16-29(17-6-4-2)22(30)18-31-25-23-20-14-10-11-15-21(20)32-26(23)28-24(27-25)19-12-8-7-9-13-19/h7-9,12-13H,3-6,10-11,14-18H2,1-2H3. The van der Waals surface area contributed by atoms with Crippen LogP contribution in [0.1, 0.15) is 62.8 Å². The molecule has 0 radical (unpaired) electrons. The van der Waals surface area contributed by atoms with E-state index in [0.29, 0.717) is 5.75 Å². The van der Waals surface area contributed by atoms with Gasteiger partial charge in [-0.25, -0.2) is 9.97 Å². The van der Waals surface area contributed by atoms with Crippen molar-refractivity contribution in [3.63, 3.8) is 0 Å². The van der Waals surface area contributed by atoms with Gasteiger partial charge in [-0.15, -0.1) is 11.3 Å². The number of fused-ring (bicyclic) bond motifs is 3. The number of nitrogens with zero attached hydrogens (tertiary/aromatic N) is 3. The summed E-state index contributed by atoms with van der Waals surface area (Å²) < 4.78 is 0. The van der Waals surface area contributed by atoms with E-state index >= 15 is 0 Å². The van der Waals surface area contributed by atoms with Crippen LogP contribution < -0.4 is 0 Å². The highest BCUT2D eigenvalue weighted by molar-refractivity contribution is 8.00. The fourth-order valence-corrected chi connectivity index (χ4v) is 6.51. The predicted octanol–water partition coefficient (Wildman–Crippen LogP) is 6.76. The van der Waals surface area contributed by atoms with Crippen molar-refractivity contribution in [1.29, 1.82) is 0 Å². The second kappa shape index (κ2) is 11.3. The van der Waals surface area contributed by atoms with E-state index in [1.54, 1.807) is 11.8 Å². The summed E-state index contributed by atoms with van der Waals surface area (Å²) in [6.07, 6.45) is 9.07. The Kier molecular flexibility index (Phi) is 8.20. The number of benzene rings is 1. The number of hydrogen-bond donors (Lipinski definition) is 0. The maximum atomic E-state index is 13.1. The van der Waals surface area contributed by atoms with E-state index in [1.807, 2.05) is 29.5 Å². The lowest BCUT2D eigenvalue weighted by Crippen LogP contribution is -2.34. The minimum atomic E-state index is 0.231. The van der Waals surface area contributed by atoms with Gasteiger partial charge in [-0.3, -0.25) is 4.79 Å². The summed E-state index contributed by atoms with van der Waals surface area (Å²) in [5.74, 6) is 1.44. The van der Waals surface area contributed by atoms with Crippen LogP contribution in [0.4, 0.5) is 0 Å². The molecule has 6 heteroatoms. The van der Waals surface area contributed by atoms with Crippen molar-refractivity contribution >= 4 is 39.2 Å². The maximum absolute atomic E-state index is 13.1. The molecule has 0 bridgehead atoms. The Morgan fingerprint density at radius 1 is 1.03 bits per heavy atom. The second-order valence-electron chi connectivity index (χ2n) is 8.49. The first-order valence-electron chi connectivity index (χ1n) is 12.0. The summed E-state index contributed by atoms with van der Waals surface area (Å²) in [5.41, 5.74) is 2.46. The van der Waals surface area contributed by atoms with Crippen molar-refractivity contribution in [3.05, 3.63) is 40.8 Å². The number of thioether (sulfide) groups is 1.